The molecule has 1 aromatic heterocycles. The number of aromatic nitrogens is 2. The summed E-state index contributed by atoms with van der Waals surface area (Å²) in [4.78, 5) is 4.37. The number of nitrogens with two attached hydrogens (primary N) is 1. The zero-order chi connectivity index (χ0) is 15.2. The molecule has 2 rings (SSSR count). The van der Waals surface area contributed by atoms with Crippen molar-refractivity contribution in [1.29, 1.82) is 0 Å². The maximum absolute atomic E-state index is 6.04. The van der Waals surface area contributed by atoms with Crippen molar-refractivity contribution in [3.8, 4) is 22.9 Å². The van der Waals surface area contributed by atoms with Gasteiger partial charge in [0.25, 0.3) is 0 Å². The van der Waals surface area contributed by atoms with E-state index in [9.17, 15) is 0 Å². The van der Waals surface area contributed by atoms with Crippen molar-refractivity contribution in [1.82, 2.24) is 10.1 Å². The quantitative estimate of drug-likeness (QED) is 0.844. The Morgan fingerprint density at radius 3 is 2.43 bits per heavy atom. The number of ether oxygens (including phenoxy) is 2. The number of unbranched alkanes of at least 4 members (excludes halogenated alkanes) is 1. The Morgan fingerprint density at radius 1 is 1.19 bits per heavy atom. The maximum atomic E-state index is 6.04. The van der Waals surface area contributed by atoms with Crippen LogP contribution in [0.2, 0.25) is 0 Å². The fourth-order valence-corrected chi connectivity index (χ4v) is 1.99. The Kier molecular flexibility index (Phi) is 5.16. The Labute approximate surface area is 124 Å². The molecular weight excluding hydrogens is 270 g/mol. The van der Waals surface area contributed by atoms with Gasteiger partial charge in [-0.15, -0.1) is 0 Å². The average molecular weight is 291 g/mol. The van der Waals surface area contributed by atoms with Crippen molar-refractivity contribution < 1.29 is 14.0 Å². The summed E-state index contributed by atoms with van der Waals surface area (Å²) in [7, 11) is 3.20. The summed E-state index contributed by atoms with van der Waals surface area (Å²) in [5, 5.41) is 3.99. The first-order chi connectivity index (χ1) is 10.2. The van der Waals surface area contributed by atoms with Crippen LogP contribution in [-0.2, 0) is 0 Å². The number of nitrogens with zero attached hydrogens (tertiary/aromatic N) is 2. The number of rotatable bonds is 7. The summed E-state index contributed by atoms with van der Waals surface area (Å²) in [5.41, 5.74) is 6.81. The van der Waals surface area contributed by atoms with Crippen LogP contribution in [0.15, 0.2) is 22.7 Å². The lowest BCUT2D eigenvalue weighted by Gasteiger charge is -2.06. The lowest BCUT2D eigenvalue weighted by molar-refractivity contribution is 0.346. The van der Waals surface area contributed by atoms with E-state index < -0.39 is 0 Å². The highest BCUT2D eigenvalue weighted by Crippen LogP contribution is 2.29. The molecule has 114 valence electrons. The number of benzene rings is 1. The number of hydrogen-bond acceptors (Lipinski definition) is 6. The van der Waals surface area contributed by atoms with Crippen molar-refractivity contribution in [3.63, 3.8) is 0 Å². The molecule has 1 aromatic carbocycles. The highest BCUT2D eigenvalue weighted by atomic mass is 16.5. The van der Waals surface area contributed by atoms with Crippen molar-refractivity contribution in [2.45, 2.75) is 32.2 Å². The maximum Gasteiger partial charge on any atom is 0.243 e. The van der Waals surface area contributed by atoms with E-state index in [0.717, 1.165) is 24.8 Å². The summed E-state index contributed by atoms with van der Waals surface area (Å²) in [5.74, 6) is 2.28. The molecule has 0 spiro atoms. The molecule has 0 radical (unpaired) electrons. The summed E-state index contributed by atoms with van der Waals surface area (Å²) >= 11 is 0. The molecule has 0 saturated carbocycles. The second kappa shape index (κ2) is 7.08. The Hall–Kier alpha value is -2.08. The third-order valence-electron chi connectivity index (χ3n) is 3.24. The SMILES string of the molecule is CCCC[C@H](N)c1nc(-c2cc(OC)cc(OC)c2)no1. The smallest absolute Gasteiger partial charge is 0.243 e. The summed E-state index contributed by atoms with van der Waals surface area (Å²) < 4.78 is 15.7. The molecule has 0 amide bonds. The van der Waals surface area contributed by atoms with E-state index in [-0.39, 0.29) is 6.04 Å². The zero-order valence-corrected chi connectivity index (χ0v) is 12.6. The predicted molar refractivity (Wildman–Crippen MR) is 79.3 cm³/mol. The molecule has 0 aliphatic rings. The van der Waals surface area contributed by atoms with E-state index >= 15 is 0 Å². The fraction of sp³-hybridized carbons (Fsp3) is 0.467. The predicted octanol–water partition coefficient (Wildman–Crippen LogP) is 2.94. The van der Waals surface area contributed by atoms with Crippen molar-refractivity contribution in [2.75, 3.05) is 14.2 Å². The van der Waals surface area contributed by atoms with Crippen LogP contribution in [0.4, 0.5) is 0 Å². The summed E-state index contributed by atoms with van der Waals surface area (Å²) in [6.45, 7) is 2.12. The van der Waals surface area contributed by atoms with Gasteiger partial charge in [-0.05, 0) is 18.6 Å². The molecule has 2 aromatic rings. The Balaban J connectivity index is 2.24. The van der Waals surface area contributed by atoms with Crippen LogP contribution in [0.1, 0.15) is 38.1 Å². The highest BCUT2D eigenvalue weighted by molar-refractivity contribution is 5.60. The monoisotopic (exact) mass is 291 g/mol. The third kappa shape index (κ3) is 3.72. The molecule has 0 aliphatic heterocycles. The first-order valence-corrected chi connectivity index (χ1v) is 7.00. The van der Waals surface area contributed by atoms with Crippen molar-refractivity contribution >= 4 is 0 Å². The van der Waals surface area contributed by atoms with Gasteiger partial charge in [0.1, 0.15) is 11.5 Å². The fourth-order valence-electron chi connectivity index (χ4n) is 1.99. The van der Waals surface area contributed by atoms with E-state index in [2.05, 4.69) is 17.1 Å². The van der Waals surface area contributed by atoms with Gasteiger partial charge in [0.2, 0.25) is 11.7 Å². The van der Waals surface area contributed by atoms with E-state index in [0.29, 0.717) is 23.2 Å². The molecule has 6 nitrogen and oxygen atoms in total. The third-order valence-corrected chi connectivity index (χ3v) is 3.24. The minimum absolute atomic E-state index is 0.223. The molecule has 6 heteroatoms. The number of hydrogen-bond donors (Lipinski definition) is 1. The zero-order valence-electron chi connectivity index (χ0n) is 12.6. The molecule has 0 fully saturated rings. The highest BCUT2D eigenvalue weighted by Gasteiger charge is 2.16. The summed E-state index contributed by atoms with van der Waals surface area (Å²) in [6.07, 6.45) is 2.95. The first kappa shape index (κ1) is 15.3. The number of methoxy groups -OCH3 is 2. The standard InChI is InChI=1S/C15H21N3O3/c1-4-5-6-13(16)15-17-14(18-21-15)10-7-11(19-2)9-12(8-10)20-3/h7-9,13H,4-6,16H2,1-3H3/t13-/m0/s1. The van der Waals surface area contributed by atoms with Gasteiger partial charge in [0, 0.05) is 11.6 Å². The molecule has 0 saturated heterocycles. The van der Waals surface area contributed by atoms with Crippen LogP contribution in [0.5, 0.6) is 11.5 Å². The minimum atomic E-state index is -0.223. The Bertz CT molecular complexity index is 561. The van der Waals surface area contributed by atoms with Crippen LogP contribution >= 0.6 is 0 Å². The molecule has 0 unspecified atom stereocenters. The lowest BCUT2D eigenvalue weighted by atomic mass is 10.1. The molecular formula is C15H21N3O3. The lowest BCUT2D eigenvalue weighted by Crippen LogP contribution is -2.10. The second-order valence-corrected chi connectivity index (χ2v) is 4.81. The molecule has 1 heterocycles. The first-order valence-electron chi connectivity index (χ1n) is 7.00. The molecule has 21 heavy (non-hydrogen) atoms. The van der Waals surface area contributed by atoms with Gasteiger partial charge in [-0.25, -0.2) is 0 Å². The van der Waals surface area contributed by atoms with Gasteiger partial charge in [-0.1, -0.05) is 24.9 Å². The summed E-state index contributed by atoms with van der Waals surface area (Å²) in [6, 6.07) is 5.22. The van der Waals surface area contributed by atoms with Gasteiger partial charge in [0.05, 0.1) is 20.3 Å². The van der Waals surface area contributed by atoms with Crippen LogP contribution in [-0.4, -0.2) is 24.4 Å². The van der Waals surface area contributed by atoms with Gasteiger partial charge in [0.15, 0.2) is 0 Å². The van der Waals surface area contributed by atoms with Gasteiger partial charge >= 0.3 is 0 Å². The average Bonchev–Trinajstić information content (AvgIpc) is 3.02. The van der Waals surface area contributed by atoms with E-state index in [1.807, 2.05) is 12.1 Å². The molecule has 1 atom stereocenters. The van der Waals surface area contributed by atoms with Crippen LogP contribution in [0, 0.1) is 0 Å². The normalized spacial score (nSPS) is 12.2. The van der Waals surface area contributed by atoms with Crippen LogP contribution in [0.25, 0.3) is 11.4 Å². The van der Waals surface area contributed by atoms with Crippen LogP contribution in [0.3, 0.4) is 0 Å². The van der Waals surface area contributed by atoms with E-state index in [1.165, 1.54) is 0 Å². The molecule has 2 N–H and O–H groups in total. The van der Waals surface area contributed by atoms with E-state index in [4.69, 9.17) is 19.7 Å². The molecule has 0 aliphatic carbocycles. The Morgan fingerprint density at radius 2 is 1.86 bits per heavy atom. The van der Waals surface area contributed by atoms with Crippen LogP contribution < -0.4 is 15.2 Å². The second-order valence-electron chi connectivity index (χ2n) is 4.81. The van der Waals surface area contributed by atoms with Gasteiger partial charge < -0.3 is 19.7 Å². The largest absolute Gasteiger partial charge is 0.497 e. The minimum Gasteiger partial charge on any atom is -0.497 e. The molecule has 0 bridgehead atoms. The topological polar surface area (TPSA) is 83.4 Å². The van der Waals surface area contributed by atoms with Gasteiger partial charge in [-0.3, -0.25) is 0 Å². The van der Waals surface area contributed by atoms with E-state index in [1.54, 1.807) is 20.3 Å². The van der Waals surface area contributed by atoms with Crippen molar-refractivity contribution in [3.05, 3.63) is 24.1 Å². The van der Waals surface area contributed by atoms with Crippen molar-refractivity contribution in [2.24, 2.45) is 5.73 Å². The van der Waals surface area contributed by atoms with Gasteiger partial charge in [-0.2, -0.15) is 4.98 Å².